The van der Waals surface area contributed by atoms with E-state index in [0.29, 0.717) is 27.8 Å². The van der Waals surface area contributed by atoms with Gasteiger partial charge in [-0.2, -0.15) is 0 Å². The minimum absolute atomic E-state index is 0.113. The zero-order valence-corrected chi connectivity index (χ0v) is 19.7. The lowest BCUT2D eigenvalue weighted by atomic mass is 10.2. The molecule has 0 unspecified atom stereocenters. The number of carbonyl (C=O) groups is 1. The number of benzene rings is 2. The van der Waals surface area contributed by atoms with E-state index in [1.54, 1.807) is 4.40 Å². The minimum Gasteiger partial charge on any atom is -0.485 e. The Morgan fingerprint density at radius 3 is 2.62 bits per heavy atom. The number of rotatable bonds is 7. The van der Waals surface area contributed by atoms with Crippen LogP contribution in [0.2, 0.25) is 0 Å². The number of thiazole rings is 1. The van der Waals surface area contributed by atoms with Gasteiger partial charge in [0.25, 0.3) is 5.56 Å². The second-order valence-electron chi connectivity index (χ2n) is 7.52. The first kappa shape index (κ1) is 22.1. The molecular formula is C24H23N3O3S2. The largest absolute Gasteiger partial charge is 0.485 e. The fourth-order valence-corrected chi connectivity index (χ4v) is 4.75. The molecule has 0 spiro atoms. The van der Waals surface area contributed by atoms with E-state index in [1.165, 1.54) is 34.7 Å². The third-order valence-electron chi connectivity index (χ3n) is 4.80. The Bertz CT molecular complexity index is 1330. The molecule has 0 fully saturated rings. The number of hydrogen-bond acceptors (Lipinski definition) is 6. The van der Waals surface area contributed by atoms with Crippen LogP contribution in [0.1, 0.15) is 22.5 Å². The quantitative estimate of drug-likeness (QED) is 0.389. The molecule has 0 aliphatic carbocycles. The van der Waals surface area contributed by atoms with Crippen LogP contribution in [-0.4, -0.2) is 21.0 Å². The molecule has 32 heavy (non-hydrogen) atoms. The van der Waals surface area contributed by atoms with E-state index in [1.807, 2.05) is 68.6 Å². The molecule has 0 atom stereocenters. The van der Waals surface area contributed by atoms with Crippen LogP contribution in [-0.2, 0) is 11.4 Å². The smallest absolute Gasteiger partial charge is 0.259 e. The Hall–Kier alpha value is -3.10. The van der Waals surface area contributed by atoms with Crippen LogP contribution in [0.3, 0.4) is 0 Å². The lowest BCUT2D eigenvalue weighted by Gasteiger charge is -2.13. The minimum atomic E-state index is -0.127. The lowest BCUT2D eigenvalue weighted by Crippen LogP contribution is -2.17. The van der Waals surface area contributed by atoms with Crippen LogP contribution in [0.15, 0.2) is 63.6 Å². The summed E-state index contributed by atoms with van der Waals surface area (Å²) >= 11 is 2.90. The van der Waals surface area contributed by atoms with Gasteiger partial charge in [0.1, 0.15) is 12.4 Å². The molecule has 2 aromatic heterocycles. The number of hydrogen-bond donors (Lipinski definition) is 1. The third kappa shape index (κ3) is 5.20. The van der Waals surface area contributed by atoms with E-state index in [2.05, 4.69) is 10.3 Å². The summed E-state index contributed by atoms with van der Waals surface area (Å²) in [4.78, 5) is 31.1. The zero-order chi connectivity index (χ0) is 22.7. The summed E-state index contributed by atoms with van der Waals surface area (Å²) in [6.45, 7) is 6.00. The van der Waals surface area contributed by atoms with Crippen LogP contribution < -0.4 is 15.6 Å². The van der Waals surface area contributed by atoms with Gasteiger partial charge < -0.3 is 10.1 Å². The first-order valence-electron chi connectivity index (χ1n) is 10.1. The Labute approximate surface area is 194 Å². The summed E-state index contributed by atoms with van der Waals surface area (Å²) in [6.07, 6.45) is 0. The Morgan fingerprint density at radius 2 is 1.84 bits per heavy atom. The summed E-state index contributed by atoms with van der Waals surface area (Å²) < 4.78 is 7.52. The molecule has 164 valence electrons. The maximum absolute atomic E-state index is 12.5. The number of thioether (sulfide) groups is 1. The second-order valence-corrected chi connectivity index (χ2v) is 9.40. The summed E-state index contributed by atoms with van der Waals surface area (Å²) in [6, 6.07) is 15.2. The first-order valence-corrected chi connectivity index (χ1v) is 11.9. The van der Waals surface area contributed by atoms with Gasteiger partial charge in [0.2, 0.25) is 5.91 Å². The lowest BCUT2D eigenvalue weighted by molar-refractivity contribution is -0.113. The Kier molecular flexibility index (Phi) is 6.62. The molecule has 1 amide bonds. The van der Waals surface area contributed by atoms with Crippen molar-refractivity contribution in [1.29, 1.82) is 0 Å². The van der Waals surface area contributed by atoms with Gasteiger partial charge in [-0.05, 0) is 50.6 Å². The highest BCUT2D eigenvalue weighted by Crippen LogP contribution is 2.27. The number of carbonyl (C=O) groups excluding carboxylic acids is 1. The number of ether oxygens (including phenoxy) is 1. The highest BCUT2D eigenvalue weighted by molar-refractivity contribution is 8.00. The van der Waals surface area contributed by atoms with Crippen LogP contribution >= 0.6 is 23.1 Å². The number of anilines is 1. The molecular weight excluding hydrogens is 442 g/mol. The van der Waals surface area contributed by atoms with Crippen molar-refractivity contribution in [2.75, 3.05) is 11.1 Å². The van der Waals surface area contributed by atoms with E-state index >= 15 is 0 Å². The van der Waals surface area contributed by atoms with Crippen molar-refractivity contribution in [3.8, 4) is 5.75 Å². The van der Waals surface area contributed by atoms with Crippen molar-refractivity contribution in [1.82, 2.24) is 9.38 Å². The van der Waals surface area contributed by atoms with E-state index < -0.39 is 0 Å². The van der Waals surface area contributed by atoms with Crippen LogP contribution in [0.5, 0.6) is 5.75 Å². The summed E-state index contributed by atoms with van der Waals surface area (Å²) in [7, 11) is 0. The fraction of sp³-hybridized carbons (Fsp3) is 0.208. The second kappa shape index (κ2) is 9.58. The van der Waals surface area contributed by atoms with E-state index in [-0.39, 0.29) is 18.1 Å². The average Bonchev–Trinajstić information content (AvgIpc) is 3.14. The molecule has 4 rings (SSSR count). The molecule has 4 aromatic rings. The molecule has 6 nitrogen and oxygen atoms in total. The van der Waals surface area contributed by atoms with Crippen molar-refractivity contribution in [3.63, 3.8) is 0 Å². The molecule has 2 heterocycles. The molecule has 0 radical (unpaired) electrons. The van der Waals surface area contributed by atoms with Crippen LogP contribution in [0.25, 0.3) is 4.96 Å². The normalized spacial score (nSPS) is 11.0. The molecule has 0 saturated heterocycles. The summed E-state index contributed by atoms with van der Waals surface area (Å²) in [5, 5.41) is 4.84. The first-order chi connectivity index (χ1) is 15.4. The standard InChI is InChI=1S/C24H23N3O3S2/c1-15-4-7-19(8-5-15)31-14-22(28)26-20-10-16(2)6-9-21(20)30-12-18-11-23(29)27-17(3)13-32-24(27)25-18/h4-11,13H,12,14H2,1-3H3,(H,26,28). The Morgan fingerprint density at radius 1 is 1.09 bits per heavy atom. The molecule has 0 aliphatic rings. The maximum atomic E-state index is 12.5. The van der Waals surface area contributed by atoms with Gasteiger partial charge in [-0.25, -0.2) is 4.98 Å². The Balaban J connectivity index is 1.44. The maximum Gasteiger partial charge on any atom is 0.259 e. The summed E-state index contributed by atoms with van der Waals surface area (Å²) in [5.74, 6) is 0.718. The molecule has 0 saturated carbocycles. The van der Waals surface area contributed by atoms with Gasteiger partial charge in [-0.3, -0.25) is 14.0 Å². The number of nitrogens with zero attached hydrogens (tertiary/aromatic N) is 2. The average molecular weight is 466 g/mol. The van der Waals surface area contributed by atoms with Crippen LogP contribution in [0, 0.1) is 20.8 Å². The van der Waals surface area contributed by atoms with Gasteiger partial charge in [0.15, 0.2) is 4.96 Å². The number of fused-ring (bicyclic) bond motifs is 1. The van der Waals surface area contributed by atoms with Crippen molar-refractivity contribution in [2.24, 2.45) is 0 Å². The molecule has 8 heteroatoms. The molecule has 0 aliphatic heterocycles. The molecule has 2 aromatic carbocycles. The summed E-state index contributed by atoms with van der Waals surface area (Å²) in [5.41, 5.74) is 4.07. The zero-order valence-electron chi connectivity index (χ0n) is 18.0. The predicted molar refractivity (Wildman–Crippen MR) is 130 cm³/mol. The van der Waals surface area contributed by atoms with Gasteiger partial charge in [-0.1, -0.05) is 23.8 Å². The highest BCUT2D eigenvalue weighted by Gasteiger charge is 2.12. The highest BCUT2D eigenvalue weighted by atomic mass is 32.2. The van der Waals surface area contributed by atoms with Gasteiger partial charge in [0, 0.05) is 22.0 Å². The number of nitrogens with one attached hydrogen (secondary N) is 1. The predicted octanol–water partition coefficient (Wildman–Crippen LogP) is 4.99. The van der Waals surface area contributed by atoms with E-state index in [4.69, 9.17) is 4.74 Å². The van der Waals surface area contributed by atoms with Gasteiger partial charge in [0.05, 0.1) is 17.1 Å². The fourth-order valence-electron chi connectivity index (χ4n) is 3.16. The van der Waals surface area contributed by atoms with E-state index in [0.717, 1.165) is 16.2 Å². The van der Waals surface area contributed by atoms with Crippen molar-refractivity contribution in [2.45, 2.75) is 32.3 Å². The third-order valence-corrected chi connectivity index (χ3v) is 6.76. The number of aromatic nitrogens is 2. The van der Waals surface area contributed by atoms with Gasteiger partial charge in [-0.15, -0.1) is 23.1 Å². The topological polar surface area (TPSA) is 72.7 Å². The molecule has 1 N–H and O–H groups in total. The molecule has 0 bridgehead atoms. The van der Waals surface area contributed by atoms with Crippen molar-refractivity contribution >= 4 is 39.7 Å². The van der Waals surface area contributed by atoms with Gasteiger partial charge >= 0.3 is 0 Å². The SMILES string of the molecule is Cc1ccc(SCC(=O)Nc2cc(C)ccc2OCc2cc(=O)n3c(C)csc3n2)cc1. The van der Waals surface area contributed by atoms with Crippen LogP contribution in [0.4, 0.5) is 5.69 Å². The van der Waals surface area contributed by atoms with E-state index in [9.17, 15) is 9.59 Å². The van der Waals surface area contributed by atoms with Crippen molar-refractivity contribution in [3.05, 3.63) is 86.8 Å². The number of amides is 1. The number of aryl methyl sites for hydroxylation is 3. The van der Waals surface area contributed by atoms with Crippen molar-refractivity contribution < 1.29 is 9.53 Å². The monoisotopic (exact) mass is 465 g/mol.